The van der Waals surface area contributed by atoms with Gasteiger partial charge in [-0.3, -0.25) is 4.79 Å². The van der Waals surface area contributed by atoms with Crippen LogP contribution >= 0.6 is 0 Å². The van der Waals surface area contributed by atoms with Crippen molar-refractivity contribution in [1.29, 1.82) is 0 Å². The van der Waals surface area contributed by atoms with Gasteiger partial charge in [0.2, 0.25) is 10.0 Å². The molecule has 1 atom stereocenters. The highest BCUT2D eigenvalue weighted by molar-refractivity contribution is 7.88. The summed E-state index contributed by atoms with van der Waals surface area (Å²) < 4.78 is 31.2. The third-order valence-electron chi connectivity index (χ3n) is 4.74. The predicted molar refractivity (Wildman–Crippen MR) is 86.3 cm³/mol. The molecule has 1 aromatic rings. The van der Waals surface area contributed by atoms with Gasteiger partial charge in [-0.25, -0.2) is 12.7 Å². The van der Waals surface area contributed by atoms with Gasteiger partial charge in [-0.15, -0.1) is 0 Å². The summed E-state index contributed by atoms with van der Waals surface area (Å²) in [5.74, 6) is -0.0835. The van der Waals surface area contributed by atoms with Crippen molar-refractivity contribution >= 4 is 15.9 Å². The van der Waals surface area contributed by atoms with Crippen molar-refractivity contribution in [2.75, 3.05) is 33.4 Å². The molecule has 1 aromatic carbocycles. The number of carbonyl (C=O) groups excluding carboxylic acids is 1. The van der Waals surface area contributed by atoms with Crippen molar-refractivity contribution < 1.29 is 17.9 Å². The van der Waals surface area contributed by atoms with E-state index in [9.17, 15) is 13.2 Å². The Hall–Kier alpha value is -1.44. The molecule has 126 valence electrons. The summed E-state index contributed by atoms with van der Waals surface area (Å²) in [5.41, 5.74) is 1.36. The van der Waals surface area contributed by atoms with Gasteiger partial charge in [-0.2, -0.15) is 0 Å². The second-order valence-electron chi connectivity index (χ2n) is 6.47. The monoisotopic (exact) mass is 338 g/mol. The molecule has 2 aliphatic heterocycles. The highest BCUT2D eigenvalue weighted by Gasteiger charge is 2.49. The lowest BCUT2D eigenvalue weighted by atomic mass is 9.84. The number of benzene rings is 1. The lowest BCUT2D eigenvalue weighted by molar-refractivity contribution is -0.156. The van der Waals surface area contributed by atoms with E-state index >= 15 is 0 Å². The van der Waals surface area contributed by atoms with E-state index < -0.39 is 21.7 Å². The van der Waals surface area contributed by atoms with Gasteiger partial charge in [0, 0.05) is 27.2 Å². The largest absolute Gasteiger partial charge is 0.352 e. The minimum absolute atomic E-state index is 0.0835. The van der Waals surface area contributed by atoms with Gasteiger partial charge in [0.05, 0.1) is 11.9 Å². The van der Waals surface area contributed by atoms with Gasteiger partial charge < -0.3 is 9.64 Å². The quantitative estimate of drug-likeness (QED) is 0.810. The van der Waals surface area contributed by atoms with Crippen LogP contribution in [0.1, 0.15) is 30.1 Å². The molecule has 6 nitrogen and oxygen atoms in total. The van der Waals surface area contributed by atoms with E-state index in [-0.39, 0.29) is 5.91 Å². The molecule has 3 rings (SSSR count). The van der Waals surface area contributed by atoms with Crippen LogP contribution in [0.5, 0.6) is 0 Å². The Morgan fingerprint density at radius 1 is 1.26 bits per heavy atom. The van der Waals surface area contributed by atoms with Gasteiger partial charge in [0.25, 0.3) is 5.91 Å². The molecule has 2 heterocycles. The maximum Gasteiger partial charge on any atom is 0.255 e. The maximum atomic E-state index is 12.5. The molecule has 2 aliphatic rings. The molecule has 1 spiro atoms. The first-order valence-corrected chi connectivity index (χ1v) is 9.53. The van der Waals surface area contributed by atoms with Gasteiger partial charge >= 0.3 is 0 Å². The molecule has 0 saturated carbocycles. The molecule has 7 heteroatoms. The summed E-state index contributed by atoms with van der Waals surface area (Å²) in [5, 5.41) is 0. The molecule has 1 fully saturated rings. The Balaban J connectivity index is 1.92. The van der Waals surface area contributed by atoms with Crippen molar-refractivity contribution in [3.63, 3.8) is 0 Å². The summed E-state index contributed by atoms with van der Waals surface area (Å²) in [6.45, 7) is 0.825. The highest BCUT2D eigenvalue weighted by Crippen LogP contribution is 2.49. The Bertz CT molecular complexity index is 721. The predicted octanol–water partition coefficient (Wildman–Crippen LogP) is 1.10. The van der Waals surface area contributed by atoms with Crippen molar-refractivity contribution in [3.05, 3.63) is 35.4 Å². The number of ether oxygens (including phenoxy) is 1. The maximum absolute atomic E-state index is 12.5. The van der Waals surface area contributed by atoms with Crippen LogP contribution in [0.2, 0.25) is 0 Å². The molecule has 23 heavy (non-hydrogen) atoms. The Morgan fingerprint density at radius 2 is 1.87 bits per heavy atom. The number of sulfonamides is 1. The summed E-state index contributed by atoms with van der Waals surface area (Å²) in [6.07, 6.45) is 1.75. The van der Waals surface area contributed by atoms with E-state index in [1.165, 1.54) is 15.5 Å². The normalized spacial score (nSPS) is 23.7. The number of fused-ring (bicyclic) bond motifs is 2. The first-order valence-electron chi connectivity index (χ1n) is 7.68. The fourth-order valence-corrected chi connectivity index (χ4v) is 4.32. The highest BCUT2D eigenvalue weighted by atomic mass is 32.2. The number of rotatable bonds is 2. The third kappa shape index (κ3) is 2.77. The molecule has 0 unspecified atom stereocenters. The number of amides is 1. The zero-order valence-electron chi connectivity index (χ0n) is 13.7. The van der Waals surface area contributed by atoms with E-state index in [0.29, 0.717) is 25.9 Å². The van der Waals surface area contributed by atoms with Crippen molar-refractivity contribution in [2.45, 2.75) is 24.5 Å². The summed E-state index contributed by atoms with van der Waals surface area (Å²) in [7, 11) is 0.238. The second kappa shape index (κ2) is 5.58. The number of carbonyl (C=O) groups is 1. The second-order valence-corrected chi connectivity index (χ2v) is 8.46. The summed E-state index contributed by atoms with van der Waals surface area (Å²) in [6, 6.07) is 7.77. The number of piperidine rings is 1. The zero-order chi connectivity index (χ0) is 16.8. The van der Waals surface area contributed by atoms with Gasteiger partial charge in [-0.05, 0) is 24.0 Å². The first-order chi connectivity index (χ1) is 10.7. The number of hydrogen-bond acceptors (Lipinski definition) is 4. The van der Waals surface area contributed by atoms with Crippen molar-refractivity contribution in [1.82, 2.24) is 9.21 Å². The fourth-order valence-electron chi connectivity index (χ4n) is 3.48. The molecule has 0 aromatic heterocycles. The van der Waals surface area contributed by atoms with Crippen LogP contribution in [0.3, 0.4) is 0 Å². The van der Waals surface area contributed by atoms with Crippen LogP contribution in [-0.2, 0) is 25.2 Å². The SMILES string of the molecule is CN(C)C(=O)[C@@H]1OC2(CCN(S(C)(=O)=O)CC2)c2ccccc21. The smallest absolute Gasteiger partial charge is 0.255 e. The Labute approximate surface area is 137 Å². The average Bonchev–Trinajstić information content (AvgIpc) is 2.81. The average molecular weight is 338 g/mol. The van der Waals surface area contributed by atoms with Gasteiger partial charge in [0.15, 0.2) is 6.10 Å². The zero-order valence-corrected chi connectivity index (χ0v) is 14.5. The van der Waals surface area contributed by atoms with E-state index in [1.807, 2.05) is 24.3 Å². The van der Waals surface area contributed by atoms with Gasteiger partial charge in [0.1, 0.15) is 0 Å². The van der Waals surface area contributed by atoms with Gasteiger partial charge in [-0.1, -0.05) is 24.3 Å². The lowest BCUT2D eigenvalue weighted by Gasteiger charge is -2.38. The Morgan fingerprint density at radius 3 is 2.43 bits per heavy atom. The summed E-state index contributed by atoms with van der Waals surface area (Å²) >= 11 is 0. The van der Waals surface area contributed by atoms with Crippen molar-refractivity contribution in [2.24, 2.45) is 0 Å². The molecule has 0 N–H and O–H groups in total. The van der Waals surface area contributed by atoms with Crippen LogP contribution < -0.4 is 0 Å². The summed E-state index contributed by atoms with van der Waals surface area (Å²) in [4.78, 5) is 14.0. The van der Waals surface area contributed by atoms with Crippen LogP contribution in [0, 0.1) is 0 Å². The molecule has 0 bridgehead atoms. The first kappa shape index (κ1) is 16.4. The minimum Gasteiger partial charge on any atom is -0.352 e. The van der Waals surface area contributed by atoms with Crippen LogP contribution in [0.15, 0.2) is 24.3 Å². The minimum atomic E-state index is -3.19. The van der Waals surface area contributed by atoms with E-state index in [0.717, 1.165) is 11.1 Å². The molecular formula is C16H22N2O4S. The molecule has 0 aliphatic carbocycles. The van der Waals surface area contributed by atoms with E-state index in [4.69, 9.17) is 4.74 Å². The fraction of sp³-hybridized carbons (Fsp3) is 0.562. The molecule has 0 radical (unpaired) electrons. The lowest BCUT2D eigenvalue weighted by Crippen LogP contribution is -2.45. The topological polar surface area (TPSA) is 66.9 Å². The van der Waals surface area contributed by atoms with Crippen LogP contribution in [0.4, 0.5) is 0 Å². The molecule has 1 amide bonds. The molecular weight excluding hydrogens is 316 g/mol. The van der Waals surface area contributed by atoms with E-state index in [1.54, 1.807) is 14.1 Å². The number of nitrogens with zero attached hydrogens (tertiary/aromatic N) is 2. The van der Waals surface area contributed by atoms with Crippen molar-refractivity contribution in [3.8, 4) is 0 Å². The number of hydrogen-bond donors (Lipinski definition) is 0. The van der Waals surface area contributed by atoms with Crippen LogP contribution in [0.25, 0.3) is 0 Å². The van der Waals surface area contributed by atoms with Crippen LogP contribution in [-0.4, -0.2) is 57.0 Å². The third-order valence-corrected chi connectivity index (χ3v) is 6.04. The standard InChI is InChI=1S/C16H22N2O4S/c1-17(2)15(19)14-12-6-4-5-7-13(12)16(22-14)8-10-18(11-9-16)23(3,20)21/h4-7,14H,8-11H2,1-3H3/t14-/m1/s1. The van der Waals surface area contributed by atoms with E-state index in [2.05, 4.69) is 0 Å². The Kier molecular flexibility index (Phi) is 3.98. The molecule has 1 saturated heterocycles. The number of likely N-dealkylation sites (N-methyl/N-ethyl adjacent to an activating group) is 1.